The summed E-state index contributed by atoms with van der Waals surface area (Å²) in [7, 11) is 1.57. The van der Waals surface area contributed by atoms with Crippen LogP contribution >= 0.6 is 34.8 Å². The lowest BCUT2D eigenvalue weighted by Crippen LogP contribution is -2.44. The Labute approximate surface area is 171 Å². The van der Waals surface area contributed by atoms with Gasteiger partial charge in [-0.2, -0.15) is 0 Å². The third-order valence-corrected chi connectivity index (χ3v) is 3.92. The Hall–Kier alpha value is -1.67. The van der Waals surface area contributed by atoms with Crippen molar-refractivity contribution in [2.45, 2.75) is 29.2 Å². The second-order valence-corrected chi connectivity index (χ2v) is 7.71. The quantitative estimate of drug-likeness (QED) is 0.240. The van der Waals surface area contributed by atoms with E-state index in [9.17, 15) is 4.79 Å². The van der Waals surface area contributed by atoms with Gasteiger partial charge in [0.25, 0.3) is 3.79 Å². The van der Waals surface area contributed by atoms with E-state index in [2.05, 4.69) is 0 Å². The van der Waals surface area contributed by atoms with E-state index in [0.717, 1.165) is 0 Å². The molecule has 0 aromatic heterocycles. The molecule has 0 fully saturated rings. The number of halogens is 3. The molecule has 1 aliphatic heterocycles. The predicted molar refractivity (Wildman–Crippen MR) is 101 cm³/mol. The van der Waals surface area contributed by atoms with Gasteiger partial charge in [0.15, 0.2) is 0 Å². The Morgan fingerprint density at radius 2 is 1.81 bits per heavy atom. The van der Waals surface area contributed by atoms with Crippen LogP contribution in [0.25, 0.3) is 0 Å². The van der Waals surface area contributed by atoms with E-state index in [1.54, 1.807) is 43.5 Å². The molecule has 1 aromatic carbocycles. The summed E-state index contributed by atoms with van der Waals surface area (Å²) in [6.45, 7) is 1.14. The van der Waals surface area contributed by atoms with Gasteiger partial charge in [-0.1, -0.05) is 34.8 Å². The van der Waals surface area contributed by atoms with Crippen molar-refractivity contribution in [3.05, 3.63) is 36.4 Å². The molecular formula is C17H18Cl3NO6. The molecule has 1 aliphatic rings. The summed E-state index contributed by atoms with van der Waals surface area (Å²) in [4.78, 5) is 11.1. The van der Waals surface area contributed by atoms with Gasteiger partial charge in [0.05, 0.1) is 7.11 Å². The molecule has 0 saturated carbocycles. The fraction of sp³-hybridized carbons (Fsp3) is 0.412. The number of benzene rings is 1. The van der Waals surface area contributed by atoms with Gasteiger partial charge in [0, 0.05) is 6.92 Å². The maximum absolute atomic E-state index is 11.1. The van der Waals surface area contributed by atoms with Crippen LogP contribution in [0, 0.1) is 5.41 Å². The zero-order chi connectivity index (χ0) is 20.0. The van der Waals surface area contributed by atoms with Gasteiger partial charge in [0.1, 0.15) is 30.3 Å². The summed E-state index contributed by atoms with van der Waals surface area (Å²) in [5.74, 6) is 0.169. The van der Waals surface area contributed by atoms with E-state index in [1.165, 1.54) is 6.92 Å². The highest BCUT2D eigenvalue weighted by Gasteiger charge is 2.36. The van der Waals surface area contributed by atoms with Crippen molar-refractivity contribution in [1.29, 1.82) is 5.41 Å². The normalized spacial score (nSPS) is 22.0. The van der Waals surface area contributed by atoms with E-state index in [4.69, 9.17) is 63.9 Å². The number of ether oxygens (including phenoxy) is 5. The molecule has 10 heteroatoms. The number of hydrogen-bond acceptors (Lipinski definition) is 7. The number of hydrogen-bond donors (Lipinski definition) is 1. The van der Waals surface area contributed by atoms with Crippen LogP contribution in [0.15, 0.2) is 36.4 Å². The first-order chi connectivity index (χ1) is 12.7. The van der Waals surface area contributed by atoms with Crippen LogP contribution in [0.2, 0.25) is 0 Å². The molecule has 1 heterocycles. The first-order valence-corrected chi connectivity index (χ1v) is 8.92. The highest BCUT2D eigenvalue weighted by atomic mass is 35.6. The molecule has 2 rings (SSSR count). The molecule has 0 spiro atoms. The van der Waals surface area contributed by atoms with Crippen molar-refractivity contribution in [1.82, 2.24) is 0 Å². The van der Waals surface area contributed by atoms with Gasteiger partial charge >= 0.3 is 5.97 Å². The third-order valence-electron chi connectivity index (χ3n) is 3.41. The fourth-order valence-corrected chi connectivity index (χ4v) is 2.26. The first-order valence-electron chi connectivity index (χ1n) is 7.79. The second kappa shape index (κ2) is 9.50. The van der Waals surface area contributed by atoms with E-state index in [1.807, 2.05) is 0 Å². The van der Waals surface area contributed by atoms with Crippen LogP contribution in [0.4, 0.5) is 0 Å². The van der Waals surface area contributed by atoms with Crippen LogP contribution in [0.5, 0.6) is 11.5 Å². The zero-order valence-corrected chi connectivity index (χ0v) is 16.8. The van der Waals surface area contributed by atoms with Crippen molar-refractivity contribution in [2.75, 3.05) is 13.7 Å². The number of rotatable bonds is 6. The molecule has 1 aromatic rings. The summed E-state index contributed by atoms with van der Waals surface area (Å²) in [5.41, 5.74) is 0. The summed E-state index contributed by atoms with van der Waals surface area (Å²) in [5, 5.41) is 7.69. The lowest BCUT2D eigenvalue weighted by molar-refractivity contribution is -0.164. The van der Waals surface area contributed by atoms with Gasteiger partial charge in [-0.3, -0.25) is 10.2 Å². The highest BCUT2D eigenvalue weighted by Crippen LogP contribution is 2.30. The summed E-state index contributed by atoms with van der Waals surface area (Å²) in [6, 6.07) is 6.93. The number of carbonyl (C=O) groups excluding carboxylic acids is 1. The Balaban J connectivity index is 2.07. The first kappa shape index (κ1) is 21.6. The van der Waals surface area contributed by atoms with Crippen molar-refractivity contribution in [3.8, 4) is 11.5 Å². The van der Waals surface area contributed by atoms with Crippen LogP contribution in [0.3, 0.4) is 0 Å². The molecule has 0 radical (unpaired) electrons. The van der Waals surface area contributed by atoms with E-state index in [0.29, 0.717) is 11.5 Å². The molecule has 7 nitrogen and oxygen atoms in total. The summed E-state index contributed by atoms with van der Waals surface area (Å²) in [6.07, 6.45) is 0.848. The van der Waals surface area contributed by atoms with Crippen molar-refractivity contribution < 1.29 is 28.5 Å². The van der Waals surface area contributed by atoms with Crippen LogP contribution in [-0.2, 0) is 19.0 Å². The molecule has 148 valence electrons. The lowest BCUT2D eigenvalue weighted by atomic mass is 10.1. The standard InChI is InChI=1S/C17H18Cl3NO6/c1-10(22)24-9-14-13(27-16(21)17(18,19)20)7-8-15(26-14)25-12-5-3-11(23-2)4-6-12/h3-8,13-15,21H,9H2,1-2H3/t13-,14+,15-/m0/s1. The fourth-order valence-electron chi connectivity index (χ4n) is 2.13. The molecule has 1 N–H and O–H groups in total. The molecule has 0 saturated heterocycles. The smallest absolute Gasteiger partial charge is 0.302 e. The number of methoxy groups -OCH3 is 1. The molecule has 0 bridgehead atoms. The van der Waals surface area contributed by atoms with E-state index < -0.39 is 34.2 Å². The summed E-state index contributed by atoms with van der Waals surface area (Å²) < 4.78 is 24.9. The Bertz CT molecular complexity index is 689. The zero-order valence-electron chi connectivity index (χ0n) is 14.5. The maximum atomic E-state index is 11.1. The number of alkyl halides is 3. The number of nitrogens with one attached hydrogen (secondary N) is 1. The minimum atomic E-state index is -2.02. The Morgan fingerprint density at radius 3 is 2.37 bits per heavy atom. The van der Waals surface area contributed by atoms with E-state index in [-0.39, 0.29) is 6.61 Å². The van der Waals surface area contributed by atoms with Gasteiger partial charge in [-0.15, -0.1) is 0 Å². The molecule has 0 aliphatic carbocycles. The van der Waals surface area contributed by atoms with Crippen molar-refractivity contribution in [3.63, 3.8) is 0 Å². The van der Waals surface area contributed by atoms with Gasteiger partial charge in [-0.05, 0) is 36.4 Å². The van der Waals surface area contributed by atoms with E-state index >= 15 is 0 Å². The van der Waals surface area contributed by atoms with Gasteiger partial charge in [-0.25, -0.2) is 0 Å². The molecule has 0 unspecified atom stereocenters. The van der Waals surface area contributed by atoms with Gasteiger partial charge < -0.3 is 23.7 Å². The highest BCUT2D eigenvalue weighted by molar-refractivity contribution is 6.76. The average Bonchev–Trinajstić information content (AvgIpc) is 2.61. The Morgan fingerprint density at radius 1 is 1.19 bits per heavy atom. The SMILES string of the molecule is COc1ccc(O[C@@H]2C=C[C@H](OC(=N)C(Cl)(Cl)Cl)[C@@H](COC(C)=O)O2)cc1. The molecular weight excluding hydrogens is 421 g/mol. The minimum Gasteiger partial charge on any atom is -0.497 e. The predicted octanol–water partition coefficient (Wildman–Crippen LogP) is 3.65. The third kappa shape index (κ3) is 6.77. The van der Waals surface area contributed by atoms with Crippen molar-refractivity contribution >= 4 is 46.7 Å². The maximum Gasteiger partial charge on any atom is 0.302 e. The molecule has 0 amide bonds. The monoisotopic (exact) mass is 437 g/mol. The lowest BCUT2D eigenvalue weighted by Gasteiger charge is -2.32. The van der Waals surface area contributed by atoms with Crippen molar-refractivity contribution in [2.24, 2.45) is 0 Å². The average molecular weight is 439 g/mol. The summed E-state index contributed by atoms with van der Waals surface area (Å²) >= 11 is 16.9. The second-order valence-electron chi connectivity index (χ2n) is 5.43. The molecule has 27 heavy (non-hydrogen) atoms. The number of esters is 1. The van der Waals surface area contributed by atoms with Crippen LogP contribution in [0.1, 0.15) is 6.92 Å². The topological polar surface area (TPSA) is 87.1 Å². The van der Waals surface area contributed by atoms with Gasteiger partial charge in [0.2, 0.25) is 12.2 Å². The largest absolute Gasteiger partial charge is 0.497 e. The van der Waals surface area contributed by atoms with Crippen LogP contribution in [-0.4, -0.2) is 47.9 Å². The Kier molecular flexibility index (Phi) is 7.61. The number of carbonyl (C=O) groups is 1. The molecule has 3 atom stereocenters. The van der Waals surface area contributed by atoms with Crippen LogP contribution < -0.4 is 9.47 Å². The minimum absolute atomic E-state index is 0.125.